The summed E-state index contributed by atoms with van der Waals surface area (Å²) >= 11 is 0. The van der Waals surface area contributed by atoms with Crippen LogP contribution in [0, 0.1) is 11.3 Å². The van der Waals surface area contributed by atoms with Crippen LogP contribution in [0.15, 0.2) is 0 Å². The zero-order valence-corrected chi connectivity index (χ0v) is 11.5. The third-order valence-corrected chi connectivity index (χ3v) is 3.48. The highest BCUT2D eigenvalue weighted by Gasteiger charge is 2.67. The summed E-state index contributed by atoms with van der Waals surface area (Å²) in [5.74, 6) is 0.0881. The Balaban J connectivity index is 1.94. The number of nitrogens with zero attached hydrogens (tertiary/aromatic N) is 1. The number of amides is 1. The van der Waals surface area contributed by atoms with Gasteiger partial charge in [0.2, 0.25) is 0 Å². The Morgan fingerprint density at radius 2 is 2.06 bits per heavy atom. The van der Waals surface area contributed by atoms with Crippen molar-refractivity contribution in [2.45, 2.75) is 39.7 Å². The number of ether oxygens (including phenoxy) is 2. The van der Waals surface area contributed by atoms with E-state index in [2.05, 4.69) is 0 Å². The molecule has 1 heterocycles. The minimum atomic E-state index is -0.499. The van der Waals surface area contributed by atoms with E-state index in [-0.39, 0.29) is 18.0 Å². The van der Waals surface area contributed by atoms with Crippen LogP contribution in [0.2, 0.25) is 0 Å². The minimum Gasteiger partial charge on any atom is -0.466 e. The molecule has 0 aromatic carbocycles. The Labute approximate surface area is 107 Å². The molecule has 0 aromatic rings. The van der Waals surface area contributed by atoms with E-state index in [0.717, 1.165) is 6.42 Å². The standard InChI is InChI=1S/C13H21NO4/c1-5-17-10(15)13-6-9(13)7-14(8-13)11(16)18-12(2,3)4/h9H,5-8H2,1-4H3/t9-,13+/m1/s1. The lowest BCUT2D eigenvalue weighted by Crippen LogP contribution is -2.38. The fourth-order valence-corrected chi connectivity index (χ4v) is 2.54. The molecule has 2 fully saturated rings. The topological polar surface area (TPSA) is 55.8 Å². The third-order valence-electron chi connectivity index (χ3n) is 3.48. The summed E-state index contributed by atoms with van der Waals surface area (Å²) in [6.45, 7) is 8.74. The number of piperidine rings is 1. The van der Waals surface area contributed by atoms with Gasteiger partial charge in [-0.05, 0) is 40.0 Å². The van der Waals surface area contributed by atoms with Crippen LogP contribution in [-0.2, 0) is 14.3 Å². The Morgan fingerprint density at radius 1 is 1.39 bits per heavy atom. The lowest BCUT2D eigenvalue weighted by molar-refractivity contribution is -0.149. The van der Waals surface area contributed by atoms with Crippen molar-refractivity contribution in [3.05, 3.63) is 0 Å². The SMILES string of the molecule is CCOC(=O)[C@]12C[C@@H]1CN(C(=O)OC(C)(C)C)C2. The molecule has 1 saturated heterocycles. The lowest BCUT2D eigenvalue weighted by Gasteiger charge is -2.26. The minimum absolute atomic E-state index is 0.166. The molecule has 2 aliphatic rings. The van der Waals surface area contributed by atoms with Gasteiger partial charge in [0.15, 0.2) is 0 Å². The molecule has 0 N–H and O–H groups in total. The second-order valence-electron chi connectivity index (χ2n) is 6.14. The summed E-state index contributed by atoms with van der Waals surface area (Å²) in [6.07, 6.45) is 0.504. The van der Waals surface area contributed by atoms with E-state index in [9.17, 15) is 9.59 Å². The van der Waals surface area contributed by atoms with Gasteiger partial charge in [-0.2, -0.15) is 0 Å². The van der Waals surface area contributed by atoms with Crippen molar-refractivity contribution < 1.29 is 19.1 Å². The number of carbonyl (C=O) groups excluding carboxylic acids is 2. The molecule has 102 valence electrons. The van der Waals surface area contributed by atoms with Crippen LogP contribution in [0.25, 0.3) is 0 Å². The summed E-state index contributed by atoms with van der Waals surface area (Å²) in [6, 6.07) is 0. The van der Waals surface area contributed by atoms with E-state index in [1.54, 1.807) is 11.8 Å². The first kappa shape index (κ1) is 13.2. The highest BCUT2D eigenvalue weighted by Crippen LogP contribution is 2.58. The van der Waals surface area contributed by atoms with E-state index in [1.807, 2.05) is 20.8 Å². The first-order chi connectivity index (χ1) is 8.28. The number of esters is 1. The number of likely N-dealkylation sites (tertiary alicyclic amines) is 1. The molecule has 1 amide bonds. The maximum Gasteiger partial charge on any atom is 0.410 e. The molecular formula is C13H21NO4. The molecule has 0 aromatic heterocycles. The van der Waals surface area contributed by atoms with Crippen LogP contribution in [0.3, 0.4) is 0 Å². The van der Waals surface area contributed by atoms with Crippen LogP contribution in [0.1, 0.15) is 34.1 Å². The average molecular weight is 255 g/mol. The summed E-state index contributed by atoms with van der Waals surface area (Å²) in [5, 5.41) is 0. The Morgan fingerprint density at radius 3 is 2.61 bits per heavy atom. The lowest BCUT2D eigenvalue weighted by atomic mass is 10.1. The number of rotatable bonds is 2. The summed E-state index contributed by atoms with van der Waals surface area (Å²) < 4.78 is 10.4. The zero-order valence-electron chi connectivity index (χ0n) is 11.5. The third kappa shape index (κ3) is 2.31. The summed E-state index contributed by atoms with van der Waals surface area (Å²) in [4.78, 5) is 25.4. The predicted octanol–water partition coefficient (Wildman–Crippen LogP) is 1.81. The number of hydrogen-bond donors (Lipinski definition) is 0. The van der Waals surface area contributed by atoms with Crippen LogP contribution in [-0.4, -0.2) is 42.3 Å². The van der Waals surface area contributed by atoms with E-state index >= 15 is 0 Å². The van der Waals surface area contributed by atoms with E-state index in [0.29, 0.717) is 19.7 Å². The molecule has 5 nitrogen and oxygen atoms in total. The molecule has 2 atom stereocenters. The molecule has 1 aliphatic heterocycles. The highest BCUT2D eigenvalue weighted by molar-refractivity contribution is 5.83. The van der Waals surface area contributed by atoms with Gasteiger partial charge in [-0.3, -0.25) is 4.79 Å². The van der Waals surface area contributed by atoms with E-state index in [4.69, 9.17) is 9.47 Å². The van der Waals surface area contributed by atoms with Crippen molar-refractivity contribution in [1.29, 1.82) is 0 Å². The normalized spacial score (nSPS) is 29.8. The average Bonchev–Trinajstić information content (AvgIpc) is 2.80. The molecule has 0 bridgehead atoms. The van der Waals surface area contributed by atoms with Gasteiger partial charge in [0.25, 0.3) is 0 Å². The fourth-order valence-electron chi connectivity index (χ4n) is 2.54. The largest absolute Gasteiger partial charge is 0.466 e. The van der Waals surface area contributed by atoms with Gasteiger partial charge < -0.3 is 14.4 Å². The monoisotopic (exact) mass is 255 g/mol. The van der Waals surface area contributed by atoms with Gasteiger partial charge in [0.1, 0.15) is 5.60 Å². The highest BCUT2D eigenvalue weighted by atomic mass is 16.6. The summed E-state index contributed by atoms with van der Waals surface area (Å²) in [5.41, 5.74) is -0.937. The van der Waals surface area contributed by atoms with Gasteiger partial charge >= 0.3 is 12.1 Å². The van der Waals surface area contributed by atoms with Gasteiger partial charge in [0, 0.05) is 13.1 Å². The van der Waals surface area contributed by atoms with E-state index in [1.165, 1.54) is 0 Å². The predicted molar refractivity (Wildman–Crippen MR) is 65.0 cm³/mol. The van der Waals surface area contributed by atoms with Crippen molar-refractivity contribution in [2.75, 3.05) is 19.7 Å². The Kier molecular flexibility index (Phi) is 3.03. The molecule has 1 saturated carbocycles. The zero-order chi connectivity index (χ0) is 13.6. The van der Waals surface area contributed by atoms with Crippen molar-refractivity contribution >= 4 is 12.1 Å². The fraction of sp³-hybridized carbons (Fsp3) is 0.846. The molecule has 1 aliphatic carbocycles. The van der Waals surface area contributed by atoms with Gasteiger partial charge in [0.05, 0.1) is 12.0 Å². The molecule has 0 unspecified atom stereocenters. The molecule has 0 spiro atoms. The second kappa shape index (κ2) is 4.14. The van der Waals surface area contributed by atoms with Crippen molar-refractivity contribution in [3.8, 4) is 0 Å². The maximum atomic E-state index is 11.9. The smallest absolute Gasteiger partial charge is 0.410 e. The Bertz CT molecular complexity index is 374. The maximum absolute atomic E-state index is 11.9. The summed E-state index contributed by atoms with van der Waals surface area (Å²) in [7, 11) is 0. The first-order valence-electron chi connectivity index (χ1n) is 6.43. The van der Waals surface area contributed by atoms with Crippen LogP contribution >= 0.6 is 0 Å². The molecule has 0 radical (unpaired) electrons. The van der Waals surface area contributed by atoms with Gasteiger partial charge in [-0.15, -0.1) is 0 Å². The van der Waals surface area contributed by atoms with Crippen LogP contribution < -0.4 is 0 Å². The first-order valence-corrected chi connectivity index (χ1v) is 6.43. The van der Waals surface area contributed by atoms with Crippen molar-refractivity contribution in [1.82, 2.24) is 4.90 Å². The van der Waals surface area contributed by atoms with E-state index < -0.39 is 11.0 Å². The molecule has 2 rings (SSSR count). The van der Waals surface area contributed by atoms with Crippen molar-refractivity contribution in [2.24, 2.45) is 11.3 Å². The number of carbonyl (C=O) groups is 2. The van der Waals surface area contributed by atoms with Gasteiger partial charge in [-0.1, -0.05) is 0 Å². The van der Waals surface area contributed by atoms with Crippen LogP contribution in [0.4, 0.5) is 4.79 Å². The quantitative estimate of drug-likeness (QED) is 0.706. The Hall–Kier alpha value is -1.26. The van der Waals surface area contributed by atoms with Crippen molar-refractivity contribution in [3.63, 3.8) is 0 Å². The molecule has 18 heavy (non-hydrogen) atoms. The molecular weight excluding hydrogens is 234 g/mol. The van der Waals surface area contributed by atoms with Gasteiger partial charge in [-0.25, -0.2) is 4.79 Å². The second-order valence-corrected chi connectivity index (χ2v) is 6.14. The molecule has 5 heteroatoms. The van der Waals surface area contributed by atoms with Crippen LogP contribution in [0.5, 0.6) is 0 Å². The number of fused-ring (bicyclic) bond motifs is 1. The number of hydrogen-bond acceptors (Lipinski definition) is 4.